The van der Waals surface area contributed by atoms with Gasteiger partial charge in [-0.1, -0.05) is 24.3 Å². The van der Waals surface area contributed by atoms with Gasteiger partial charge < -0.3 is 14.9 Å². The summed E-state index contributed by atoms with van der Waals surface area (Å²) < 4.78 is 42.9. The Morgan fingerprint density at radius 1 is 1.08 bits per heavy atom. The number of carboxylic acids is 1. The Morgan fingerprint density at radius 2 is 1.73 bits per heavy atom. The minimum absolute atomic E-state index is 0.0438. The quantitative estimate of drug-likeness (QED) is 0.781. The third-order valence-electron chi connectivity index (χ3n) is 3.55. The SMILES string of the molecule is Cc1ccc2c(c1)OC(C(F)(F)F)C(C(=O)O)=C2.Cc1cccc(O)c1. The molecular formula is C19H17F3O4. The molecule has 3 rings (SSSR count). The third-order valence-corrected chi connectivity index (χ3v) is 3.55. The summed E-state index contributed by atoms with van der Waals surface area (Å²) in [6.07, 6.45) is -6.19. The number of phenolic OH excluding ortho intramolecular Hbond substituents is 1. The monoisotopic (exact) mass is 366 g/mol. The molecule has 0 saturated carbocycles. The summed E-state index contributed by atoms with van der Waals surface area (Å²) in [4.78, 5) is 10.8. The van der Waals surface area contributed by atoms with Crippen molar-refractivity contribution >= 4 is 12.0 Å². The van der Waals surface area contributed by atoms with Gasteiger partial charge in [0, 0.05) is 5.56 Å². The number of hydrogen-bond acceptors (Lipinski definition) is 3. The summed E-state index contributed by atoms with van der Waals surface area (Å²) in [6, 6.07) is 11.8. The van der Waals surface area contributed by atoms with Crippen molar-refractivity contribution in [2.24, 2.45) is 0 Å². The van der Waals surface area contributed by atoms with Crippen molar-refractivity contribution in [1.29, 1.82) is 0 Å². The molecule has 2 aromatic carbocycles. The predicted molar refractivity (Wildman–Crippen MR) is 90.1 cm³/mol. The molecule has 0 radical (unpaired) electrons. The van der Waals surface area contributed by atoms with Crippen LogP contribution in [0.5, 0.6) is 11.5 Å². The summed E-state index contributed by atoms with van der Waals surface area (Å²) in [5.74, 6) is -1.25. The highest BCUT2D eigenvalue weighted by Gasteiger charge is 2.48. The van der Waals surface area contributed by atoms with Crippen molar-refractivity contribution in [3.05, 3.63) is 64.7 Å². The molecule has 2 N–H and O–H groups in total. The maximum absolute atomic E-state index is 12.7. The summed E-state index contributed by atoms with van der Waals surface area (Å²) in [6.45, 7) is 3.66. The molecule has 0 bridgehead atoms. The van der Waals surface area contributed by atoms with Crippen molar-refractivity contribution in [3.8, 4) is 11.5 Å². The molecule has 1 aliphatic heterocycles. The minimum atomic E-state index is -4.76. The number of carbonyl (C=O) groups is 1. The highest BCUT2D eigenvalue weighted by Crippen LogP contribution is 2.37. The van der Waals surface area contributed by atoms with Gasteiger partial charge in [0.15, 0.2) is 0 Å². The number of benzene rings is 2. The van der Waals surface area contributed by atoms with E-state index < -0.39 is 23.8 Å². The molecule has 1 heterocycles. The first kappa shape index (κ1) is 19.4. The second-order valence-electron chi connectivity index (χ2n) is 5.82. The lowest BCUT2D eigenvalue weighted by atomic mass is 10.0. The molecule has 0 aliphatic carbocycles. The fourth-order valence-corrected chi connectivity index (χ4v) is 2.34. The van der Waals surface area contributed by atoms with Crippen LogP contribution in [0.1, 0.15) is 16.7 Å². The van der Waals surface area contributed by atoms with Crippen molar-refractivity contribution in [2.45, 2.75) is 26.1 Å². The zero-order valence-electron chi connectivity index (χ0n) is 14.0. The van der Waals surface area contributed by atoms with Crippen molar-refractivity contribution in [3.63, 3.8) is 0 Å². The Labute approximate surface area is 148 Å². The van der Waals surface area contributed by atoms with Gasteiger partial charge in [0.05, 0.1) is 5.57 Å². The van der Waals surface area contributed by atoms with E-state index in [-0.39, 0.29) is 5.75 Å². The molecule has 1 atom stereocenters. The first-order valence-electron chi connectivity index (χ1n) is 7.62. The lowest BCUT2D eigenvalue weighted by Gasteiger charge is -2.27. The molecule has 0 aromatic heterocycles. The number of aliphatic carboxylic acids is 1. The van der Waals surface area contributed by atoms with Gasteiger partial charge in [-0.2, -0.15) is 13.2 Å². The average molecular weight is 366 g/mol. The Morgan fingerprint density at radius 3 is 2.23 bits per heavy atom. The lowest BCUT2D eigenvalue weighted by molar-refractivity contribution is -0.187. The van der Waals surface area contributed by atoms with Crippen LogP contribution >= 0.6 is 0 Å². The normalized spacial score (nSPS) is 15.7. The topological polar surface area (TPSA) is 66.8 Å². The van der Waals surface area contributed by atoms with Crippen molar-refractivity contribution < 1.29 is 32.9 Å². The number of alkyl halides is 3. The molecule has 0 saturated heterocycles. The zero-order chi connectivity index (χ0) is 19.5. The molecule has 4 nitrogen and oxygen atoms in total. The first-order valence-corrected chi connectivity index (χ1v) is 7.62. The van der Waals surface area contributed by atoms with Gasteiger partial charge in [0.1, 0.15) is 11.5 Å². The Hall–Kier alpha value is -2.96. The molecule has 138 valence electrons. The van der Waals surface area contributed by atoms with Gasteiger partial charge in [-0.05, 0) is 49.2 Å². The van der Waals surface area contributed by atoms with E-state index in [2.05, 4.69) is 0 Å². The molecule has 0 amide bonds. The second-order valence-corrected chi connectivity index (χ2v) is 5.82. The standard InChI is InChI=1S/C12H9F3O3.C7H8O/c1-6-2-3-7-5-8(11(16)17)10(12(13,14)15)18-9(7)4-6;1-6-3-2-4-7(8)5-6/h2-5,10H,1H3,(H,16,17);2-5,8H,1H3. The fourth-order valence-electron chi connectivity index (χ4n) is 2.34. The molecule has 2 aromatic rings. The number of aromatic hydroxyl groups is 1. The van der Waals surface area contributed by atoms with Crippen molar-refractivity contribution in [2.75, 3.05) is 0 Å². The van der Waals surface area contributed by atoms with Crippen LogP contribution in [0, 0.1) is 13.8 Å². The third kappa shape index (κ3) is 4.78. The van der Waals surface area contributed by atoms with E-state index >= 15 is 0 Å². The summed E-state index contributed by atoms with van der Waals surface area (Å²) in [5.41, 5.74) is 1.35. The van der Waals surface area contributed by atoms with Gasteiger partial charge >= 0.3 is 12.1 Å². The molecule has 0 fully saturated rings. The van der Waals surface area contributed by atoms with Crippen LogP contribution in [0.4, 0.5) is 13.2 Å². The van der Waals surface area contributed by atoms with Crippen LogP contribution in [0.15, 0.2) is 48.0 Å². The van der Waals surface area contributed by atoms with Crippen molar-refractivity contribution in [1.82, 2.24) is 0 Å². The minimum Gasteiger partial charge on any atom is -0.508 e. The number of phenols is 1. The number of fused-ring (bicyclic) bond motifs is 1. The average Bonchev–Trinajstić information content (AvgIpc) is 2.53. The largest absolute Gasteiger partial charge is 0.508 e. The van der Waals surface area contributed by atoms with E-state index in [1.165, 1.54) is 12.1 Å². The maximum atomic E-state index is 12.7. The highest BCUT2D eigenvalue weighted by molar-refractivity contribution is 5.95. The molecule has 0 spiro atoms. The summed E-state index contributed by atoms with van der Waals surface area (Å²) in [5, 5.41) is 17.6. The van der Waals surface area contributed by atoms with E-state index in [0.29, 0.717) is 11.3 Å². The fraction of sp³-hybridized carbons (Fsp3) is 0.211. The number of rotatable bonds is 1. The lowest BCUT2D eigenvalue weighted by Crippen LogP contribution is -2.40. The van der Waals surface area contributed by atoms with Crippen LogP contribution in [0.3, 0.4) is 0 Å². The van der Waals surface area contributed by atoms with Crippen LogP contribution in [0.25, 0.3) is 6.08 Å². The van der Waals surface area contributed by atoms with Crippen LogP contribution in [0.2, 0.25) is 0 Å². The maximum Gasteiger partial charge on any atom is 0.430 e. The molecule has 26 heavy (non-hydrogen) atoms. The molecule has 1 unspecified atom stereocenters. The number of halogens is 3. The second kappa shape index (κ2) is 7.51. The van der Waals surface area contributed by atoms with Gasteiger partial charge in [-0.25, -0.2) is 4.79 Å². The van der Waals surface area contributed by atoms with E-state index in [0.717, 1.165) is 17.2 Å². The predicted octanol–water partition coefficient (Wildman–Crippen LogP) is 4.49. The van der Waals surface area contributed by atoms with Gasteiger partial charge in [-0.15, -0.1) is 0 Å². The van der Waals surface area contributed by atoms with E-state index in [4.69, 9.17) is 14.9 Å². The van der Waals surface area contributed by atoms with Crippen LogP contribution < -0.4 is 4.74 Å². The van der Waals surface area contributed by atoms with Gasteiger partial charge in [0.2, 0.25) is 6.10 Å². The Kier molecular flexibility index (Phi) is 5.59. The highest BCUT2D eigenvalue weighted by atomic mass is 19.4. The molecule has 7 heteroatoms. The van der Waals surface area contributed by atoms with E-state index in [1.54, 1.807) is 25.1 Å². The Bertz CT molecular complexity index is 824. The number of aryl methyl sites for hydroxylation is 2. The number of carboxylic acid groups (broad SMARTS) is 1. The molecular weight excluding hydrogens is 349 g/mol. The Balaban J connectivity index is 0.000000254. The number of ether oxygens (including phenoxy) is 1. The number of hydrogen-bond donors (Lipinski definition) is 2. The summed E-state index contributed by atoms with van der Waals surface area (Å²) >= 11 is 0. The van der Waals surface area contributed by atoms with Gasteiger partial charge in [-0.3, -0.25) is 0 Å². The van der Waals surface area contributed by atoms with Crippen LogP contribution in [-0.4, -0.2) is 28.5 Å². The van der Waals surface area contributed by atoms with E-state index in [1.807, 2.05) is 19.1 Å². The van der Waals surface area contributed by atoms with Gasteiger partial charge in [0.25, 0.3) is 0 Å². The van der Waals surface area contributed by atoms with Crippen LogP contribution in [-0.2, 0) is 4.79 Å². The van der Waals surface area contributed by atoms with E-state index in [9.17, 15) is 18.0 Å². The first-order chi connectivity index (χ1) is 12.1. The summed E-state index contributed by atoms with van der Waals surface area (Å²) in [7, 11) is 0. The molecule has 1 aliphatic rings. The smallest absolute Gasteiger partial charge is 0.430 e. The zero-order valence-corrected chi connectivity index (χ0v) is 14.0.